The largest absolute Gasteiger partial charge is 0.326 e. The summed E-state index contributed by atoms with van der Waals surface area (Å²) >= 11 is 1.00. The van der Waals surface area contributed by atoms with E-state index in [4.69, 9.17) is 5.73 Å². The maximum absolute atomic E-state index is 13.5. The van der Waals surface area contributed by atoms with Gasteiger partial charge in [-0.3, -0.25) is 4.72 Å². The number of sulfonamides is 1. The van der Waals surface area contributed by atoms with E-state index < -0.39 is 20.7 Å². The predicted molar refractivity (Wildman–Crippen MR) is 65.0 cm³/mol. The number of nitrogens with zero attached hydrogens (tertiary/aromatic N) is 2. The maximum atomic E-state index is 13.5. The molecule has 1 aromatic carbocycles. The zero-order valence-corrected chi connectivity index (χ0v) is 10.6. The van der Waals surface area contributed by atoms with Crippen LogP contribution in [0.3, 0.4) is 0 Å². The summed E-state index contributed by atoms with van der Waals surface area (Å²) in [7, 11) is -4.02. The van der Waals surface area contributed by atoms with Crippen molar-refractivity contribution in [1.82, 2.24) is 10.2 Å². The fourth-order valence-corrected chi connectivity index (χ4v) is 3.09. The minimum Gasteiger partial charge on any atom is -0.326 e. The molecule has 0 saturated carbocycles. The van der Waals surface area contributed by atoms with Gasteiger partial charge in [0.25, 0.3) is 10.0 Å². The first-order chi connectivity index (χ1) is 8.53. The smallest absolute Gasteiger partial charge is 0.266 e. The molecule has 0 fully saturated rings. The summed E-state index contributed by atoms with van der Waals surface area (Å²) in [5.41, 5.74) is 7.28. The van der Waals surface area contributed by atoms with Crippen molar-refractivity contribution in [2.75, 3.05) is 4.72 Å². The Morgan fingerprint density at radius 2 is 2.22 bits per heavy atom. The molecule has 0 spiro atoms. The van der Waals surface area contributed by atoms with Crippen LogP contribution in [0.5, 0.6) is 0 Å². The molecular formula is C9H9FN4O2S2. The Morgan fingerprint density at radius 3 is 2.83 bits per heavy atom. The number of benzene rings is 1. The van der Waals surface area contributed by atoms with E-state index in [1.807, 2.05) is 0 Å². The van der Waals surface area contributed by atoms with Gasteiger partial charge in [-0.1, -0.05) is 17.4 Å². The lowest BCUT2D eigenvalue weighted by Gasteiger charge is -2.07. The van der Waals surface area contributed by atoms with Crippen molar-refractivity contribution in [3.8, 4) is 0 Å². The first-order valence-electron chi connectivity index (χ1n) is 4.80. The summed E-state index contributed by atoms with van der Waals surface area (Å²) in [6, 6.07) is 3.69. The molecule has 0 saturated heterocycles. The van der Waals surface area contributed by atoms with Gasteiger partial charge in [0.15, 0.2) is 0 Å². The van der Waals surface area contributed by atoms with E-state index in [-0.39, 0.29) is 11.7 Å². The first kappa shape index (κ1) is 12.9. The molecule has 18 heavy (non-hydrogen) atoms. The molecule has 1 aromatic heterocycles. The Labute approximate surface area is 107 Å². The quantitative estimate of drug-likeness (QED) is 0.872. The molecule has 0 bridgehead atoms. The molecule has 0 amide bonds. The Bertz CT molecular complexity index is 643. The van der Waals surface area contributed by atoms with Gasteiger partial charge >= 0.3 is 0 Å². The molecule has 3 N–H and O–H groups in total. The zero-order valence-electron chi connectivity index (χ0n) is 9.00. The van der Waals surface area contributed by atoms with Crippen LogP contribution >= 0.6 is 11.3 Å². The highest BCUT2D eigenvalue weighted by Gasteiger charge is 2.20. The second-order valence-corrected chi connectivity index (χ2v) is 5.80. The second kappa shape index (κ2) is 4.96. The highest BCUT2D eigenvalue weighted by Crippen LogP contribution is 2.20. The van der Waals surface area contributed by atoms with Gasteiger partial charge in [-0.15, -0.1) is 10.2 Å². The number of aromatic nitrogens is 2. The third-order valence-corrected chi connectivity index (χ3v) is 4.19. The van der Waals surface area contributed by atoms with Crippen LogP contribution in [0, 0.1) is 5.82 Å². The van der Waals surface area contributed by atoms with Crippen LogP contribution < -0.4 is 10.5 Å². The molecular weight excluding hydrogens is 279 g/mol. The van der Waals surface area contributed by atoms with E-state index in [2.05, 4.69) is 14.9 Å². The van der Waals surface area contributed by atoms with Gasteiger partial charge in [0.1, 0.15) is 16.2 Å². The summed E-state index contributed by atoms with van der Waals surface area (Å²) in [5.74, 6) is -0.843. The van der Waals surface area contributed by atoms with Crippen LogP contribution in [-0.2, 0) is 16.6 Å². The van der Waals surface area contributed by atoms with E-state index in [1.165, 1.54) is 17.6 Å². The van der Waals surface area contributed by atoms with Gasteiger partial charge in [-0.05, 0) is 17.7 Å². The predicted octanol–water partition coefficient (Wildman–Crippen LogP) is 0.937. The van der Waals surface area contributed by atoms with E-state index in [0.29, 0.717) is 5.56 Å². The fraction of sp³-hybridized carbons (Fsp3) is 0.111. The lowest BCUT2D eigenvalue weighted by Crippen LogP contribution is -2.15. The van der Waals surface area contributed by atoms with E-state index in [1.54, 1.807) is 0 Å². The van der Waals surface area contributed by atoms with Gasteiger partial charge < -0.3 is 5.73 Å². The summed E-state index contributed by atoms with van der Waals surface area (Å²) in [5, 5.41) is 7.09. The molecule has 2 rings (SSSR count). The molecule has 1 heterocycles. The molecule has 96 valence electrons. The Balaban J connectivity index is 2.40. The van der Waals surface area contributed by atoms with E-state index >= 15 is 0 Å². The minimum atomic E-state index is -4.02. The van der Waals surface area contributed by atoms with Crippen LogP contribution in [0.15, 0.2) is 28.6 Å². The lowest BCUT2D eigenvalue weighted by atomic mass is 10.2. The van der Waals surface area contributed by atoms with Crippen LogP contribution in [-0.4, -0.2) is 18.6 Å². The number of hydrogen-bond donors (Lipinski definition) is 2. The van der Waals surface area contributed by atoms with Crippen LogP contribution in [0.4, 0.5) is 9.52 Å². The molecule has 0 radical (unpaired) electrons. The zero-order chi connectivity index (χ0) is 13.2. The van der Waals surface area contributed by atoms with Gasteiger partial charge in [-0.2, -0.15) is 0 Å². The Hall–Kier alpha value is -1.58. The number of halogens is 1. The number of hydrogen-bond acceptors (Lipinski definition) is 6. The topological polar surface area (TPSA) is 98.0 Å². The molecule has 2 aromatic rings. The molecule has 6 nitrogen and oxygen atoms in total. The normalized spacial score (nSPS) is 11.4. The third-order valence-electron chi connectivity index (χ3n) is 2.10. The molecule has 0 aliphatic heterocycles. The van der Waals surface area contributed by atoms with E-state index in [0.717, 1.165) is 17.4 Å². The number of rotatable bonds is 4. The van der Waals surface area contributed by atoms with E-state index in [9.17, 15) is 12.8 Å². The highest BCUT2D eigenvalue weighted by molar-refractivity contribution is 7.93. The molecule has 0 aliphatic carbocycles. The van der Waals surface area contributed by atoms with Gasteiger partial charge in [-0.25, -0.2) is 12.8 Å². The van der Waals surface area contributed by atoms with Crippen molar-refractivity contribution < 1.29 is 12.8 Å². The summed E-state index contributed by atoms with van der Waals surface area (Å²) in [6.07, 6.45) is 0. The highest BCUT2D eigenvalue weighted by atomic mass is 32.2. The Morgan fingerprint density at radius 1 is 1.44 bits per heavy atom. The average Bonchev–Trinajstić information content (AvgIpc) is 2.81. The maximum Gasteiger partial charge on any atom is 0.266 e. The third kappa shape index (κ3) is 2.63. The summed E-state index contributed by atoms with van der Waals surface area (Å²) < 4.78 is 39.6. The molecule has 0 atom stereocenters. The van der Waals surface area contributed by atoms with Crippen LogP contribution in [0.25, 0.3) is 0 Å². The minimum absolute atomic E-state index is 0.0764. The summed E-state index contributed by atoms with van der Waals surface area (Å²) in [6.45, 7) is 0.127. The van der Waals surface area contributed by atoms with Crippen LogP contribution in [0.1, 0.15) is 5.56 Å². The standard InChI is InChI=1S/C9H9FN4O2S2/c10-7-2-1-6(4-11)3-8(7)18(15,16)14-9-13-12-5-17-9/h1-3,5H,4,11H2,(H,13,14). The molecule has 9 heteroatoms. The van der Waals surface area contributed by atoms with Crippen molar-refractivity contribution in [3.63, 3.8) is 0 Å². The van der Waals surface area contributed by atoms with Gasteiger partial charge in [0.05, 0.1) is 0 Å². The fourth-order valence-electron chi connectivity index (χ4n) is 1.27. The monoisotopic (exact) mass is 288 g/mol. The number of nitrogens with two attached hydrogens (primary N) is 1. The van der Waals surface area contributed by atoms with Crippen molar-refractivity contribution in [2.45, 2.75) is 11.4 Å². The Kier molecular flexibility index (Phi) is 3.55. The molecule has 0 unspecified atom stereocenters. The first-order valence-corrected chi connectivity index (χ1v) is 7.16. The number of anilines is 1. The second-order valence-electron chi connectivity index (χ2n) is 3.32. The van der Waals surface area contributed by atoms with Gasteiger partial charge in [0, 0.05) is 6.54 Å². The van der Waals surface area contributed by atoms with Gasteiger partial charge in [0.2, 0.25) is 5.13 Å². The van der Waals surface area contributed by atoms with Crippen molar-refractivity contribution in [1.29, 1.82) is 0 Å². The van der Waals surface area contributed by atoms with Crippen LogP contribution in [0.2, 0.25) is 0 Å². The SMILES string of the molecule is NCc1ccc(F)c(S(=O)(=O)Nc2nncs2)c1. The van der Waals surface area contributed by atoms with Crippen molar-refractivity contribution >= 4 is 26.5 Å². The number of nitrogens with one attached hydrogen (secondary N) is 1. The van der Waals surface area contributed by atoms with Crippen molar-refractivity contribution in [3.05, 3.63) is 35.1 Å². The average molecular weight is 288 g/mol. The lowest BCUT2D eigenvalue weighted by molar-refractivity contribution is 0.569. The van der Waals surface area contributed by atoms with Crippen molar-refractivity contribution in [2.24, 2.45) is 5.73 Å². The molecule has 0 aliphatic rings. The summed E-state index contributed by atoms with van der Waals surface area (Å²) in [4.78, 5) is -0.458.